The maximum absolute atomic E-state index is 12.2. The number of amides is 1. The Bertz CT molecular complexity index is 664. The van der Waals surface area contributed by atoms with E-state index in [2.05, 4.69) is 24.3 Å². The molecular weight excluding hydrogens is 296 g/mol. The molecule has 0 saturated carbocycles. The van der Waals surface area contributed by atoms with Gasteiger partial charge in [-0.2, -0.15) is 0 Å². The van der Waals surface area contributed by atoms with E-state index in [0.29, 0.717) is 24.0 Å². The molecule has 0 spiro atoms. The van der Waals surface area contributed by atoms with Crippen LogP contribution in [-0.2, 0) is 13.0 Å². The standard InChI is InChI=1S/C17H22N2O4/c1-11(2)8-13-9-15(23-19-13)17(20)18-10-12-6-5-7-14(21-3)16(12)22-4/h5-7,9,11H,8,10H2,1-4H3,(H,18,20). The maximum Gasteiger partial charge on any atom is 0.290 e. The van der Waals surface area contributed by atoms with Crippen LogP contribution in [0.3, 0.4) is 0 Å². The van der Waals surface area contributed by atoms with Crippen molar-refractivity contribution in [1.29, 1.82) is 0 Å². The summed E-state index contributed by atoms with van der Waals surface area (Å²) in [5.41, 5.74) is 1.60. The van der Waals surface area contributed by atoms with Crippen LogP contribution in [0.5, 0.6) is 11.5 Å². The van der Waals surface area contributed by atoms with Gasteiger partial charge >= 0.3 is 0 Å². The van der Waals surface area contributed by atoms with Crippen LogP contribution in [0.25, 0.3) is 0 Å². The van der Waals surface area contributed by atoms with E-state index in [1.54, 1.807) is 26.4 Å². The summed E-state index contributed by atoms with van der Waals surface area (Å²) in [5.74, 6) is 1.59. The summed E-state index contributed by atoms with van der Waals surface area (Å²) in [4.78, 5) is 12.2. The van der Waals surface area contributed by atoms with Gasteiger partial charge in [0.15, 0.2) is 11.5 Å². The molecule has 23 heavy (non-hydrogen) atoms. The van der Waals surface area contributed by atoms with Gasteiger partial charge in [-0.15, -0.1) is 0 Å². The smallest absolute Gasteiger partial charge is 0.290 e. The molecule has 1 aromatic heterocycles. The summed E-state index contributed by atoms with van der Waals surface area (Å²) in [6.07, 6.45) is 0.778. The van der Waals surface area contributed by atoms with Crippen molar-refractivity contribution in [3.63, 3.8) is 0 Å². The van der Waals surface area contributed by atoms with Crippen LogP contribution in [0.1, 0.15) is 35.7 Å². The summed E-state index contributed by atoms with van der Waals surface area (Å²) in [6, 6.07) is 7.20. The SMILES string of the molecule is COc1cccc(CNC(=O)c2cc(CC(C)C)no2)c1OC. The van der Waals surface area contributed by atoms with Crippen molar-refractivity contribution in [2.24, 2.45) is 5.92 Å². The zero-order valence-electron chi connectivity index (χ0n) is 13.9. The Morgan fingerprint density at radius 2 is 2.09 bits per heavy atom. The number of methoxy groups -OCH3 is 2. The van der Waals surface area contributed by atoms with Gasteiger partial charge in [-0.1, -0.05) is 31.1 Å². The van der Waals surface area contributed by atoms with Crippen molar-refractivity contribution in [1.82, 2.24) is 10.5 Å². The number of rotatable bonds is 7. The fourth-order valence-corrected chi connectivity index (χ4v) is 2.29. The molecule has 6 nitrogen and oxygen atoms in total. The summed E-state index contributed by atoms with van der Waals surface area (Å²) in [7, 11) is 3.14. The molecular formula is C17H22N2O4. The Balaban J connectivity index is 2.03. The van der Waals surface area contributed by atoms with Crippen molar-refractivity contribution in [2.75, 3.05) is 14.2 Å². The number of carbonyl (C=O) groups is 1. The minimum absolute atomic E-state index is 0.211. The van der Waals surface area contributed by atoms with Gasteiger partial charge < -0.3 is 19.3 Å². The Morgan fingerprint density at radius 1 is 1.30 bits per heavy atom. The molecule has 0 atom stereocenters. The highest BCUT2D eigenvalue weighted by molar-refractivity contribution is 5.91. The normalized spacial score (nSPS) is 10.7. The highest BCUT2D eigenvalue weighted by Crippen LogP contribution is 2.30. The molecule has 0 fully saturated rings. The highest BCUT2D eigenvalue weighted by atomic mass is 16.5. The van der Waals surface area contributed by atoms with Gasteiger partial charge in [0.1, 0.15) is 0 Å². The van der Waals surface area contributed by atoms with Crippen LogP contribution in [-0.4, -0.2) is 25.3 Å². The first-order valence-corrected chi connectivity index (χ1v) is 7.48. The van der Waals surface area contributed by atoms with Crippen molar-refractivity contribution in [2.45, 2.75) is 26.8 Å². The Morgan fingerprint density at radius 3 is 2.74 bits per heavy atom. The first-order chi connectivity index (χ1) is 11.0. The number of nitrogens with zero attached hydrogens (tertiary/aromatic N) is 1. The van der Waals surface area contributed by atoms with Gasteiger partial charge in [0.2, 0.25) is 5.76 Å². The van der Waals surface area contributed by atoms with E-state index >= 15 is 0 Å². The number of hydrogen-bond donors (Lipinski definition) is 1. The van der Waals surface area contributed by atoms with Gasteiger partial charge in [0, 0.05) is 18.2 Å². The lowest BCUT2D eigenvalue weighted by Gasteiger charge is -2.12. The fraction of sp³-hybridized carbons (Fsp3) is 0.412. The summed E-state index contributed by atoms with van der Waals surface area (Å²) in [5, 5.41) is 6.71. The van der Waals surface area contributed by atoms with Crippen LogP contribution in [0.2, 0.25) is 0 Å². The maximum atomic E-state index is 12.2. The topological polar surface area (TPSA) is 73.6 Å². The van der Waals surface area contributed by atoms with E-state index in [0.717, 1.165) is 17.7 Å². The minimum atomic E-state index is -0.308. The van der Waals surface area contributed by atoms with E-state index in [-0.39, 0.29) is 11.7 Å². The molecule has 124 valence electrons. The molecule has 1 heterocycles. The Labute approximate surface area is 135 Å². The Hall–Kier alpha value is -2.50. The average molecular weight is 318 g/mol. The zero-order valence-corrected chi connectivity index (χ0v) is 13.9. The van der Waals surface area contributed by atoms with E-state index in [1.165, 1.54) is 0 Å². The van der Waals surface area contributed by atoms with Crippen molar-refractivity contribution >= 4 is 5.91 Å². The molecule has 0 unspecified atom stereocenters. The monoisotopic (exact) mass is 318 g/mol. The molecule has 2 rings (SSSR count). The van der Waals surface area contributed by atoms with Crippen LogP contribution in [0.15, 0.2) is 28.8 Å². The van der Waals surface area contributed by atoms with Gasteiger partial charge in [-0.25, -0.2) is 0 Å². The van der Waals surface area contributed by atoms with E-state index < -0.39 is 0 Å². The van der Waals surface area contributed by atoms with Crippen molar-refractivity contribution in [3.05, 3.63) is 41.3 Å². The molecule has 0 radical (unpaired) electrons. The van der Waals surface area contributed by atoms with Crippen LogP contribution in [0.4, 0.5) is 0 Å². The van der Waals surface area contributed by atoms with E-state index in [1.807, 2.05) is 12.1 Å². The number of carbonyl (C=O) groups excluding carboxylic acids is 1. The summed E-state index contributed by atoms with van der Waals surface area (Å²) in [6.45, 7) is 4.48. The first-order valence-electron chi connectivity index (χ1n) is 7.48. The largest absolute Gasteiger partial charge is 0.493 e. The third-order valence-corrected chi connectivity index (χ3v) is 3.32. The third-order valence-electron chi connectivity index (χ3n) is 3.32. The molecule has 2 aromatic rings. The number of hydrogen-bond acceptors (Lipinski definition) is 5. The molecule has 1 N–H and O–H groups in total. The van der Waals surface area contributed by atoms with Crippen LogP contribution in [0, 0.1) is 5.92 Å². The van der Waals surface area contributed by atoms with Gasteiger partial charge in [0.25, 0.3) is 5.91 Å². The molecule has 0 saturated heterocycles. The summed E-state index contributed by atoms with van der Waals surface area (Å²) < 4.78 is 15.7. The second-order valence-corrected chi connectivity index (χ2v) is 5.62. The number of aromatic nitrogens is 1. The predicted octanol–water partition coefficient (Wildman–Crippen LogP) is 2.82. The lowest BCUT2D eigenvalue weighted by Crippen LogP contribution is -2.22. The van der Waals surface area contributed by atoms with Crippen molar-refractivity contribution < 1.29 is 18.8 Å². The summed E-state index contributed by atoms with van der Waals surface area (Å²) >= 11 is 0. The lowest BCUT2D eigenvalue weighted by molar-refractivity contribution is 0.0913. The molecule has 6 heteroatoms. The average Bonchev–Trinajstić information content (AvgIpc) is 2.99. The quantitative estimate of drug-likeness (QED) is 0.850. The van der Waals surface area contributed by atoms with Gasteiger partial charge in [-0.05, 0) is 18.4 Å². The second-order valence-electron chi connectivity index (χ2n) is 5.62. The van der Waals surface area contributed by atoms with Gasteiger partial charge in [0.05, 0.1) is 19.9 Å². The minimum Gasteiger partial charge on any atom is -0.493 e. The van der Waals surface area contributed by atoms with E-state index in [4.69, 9.17) is 14.0 Å². The Kier molecular flexibility index (Phi) is 5.62. The first kappa shape index (κ1) is 16.9. The molecule has 1 aromatic carbocycles. The highest BCUT2D eigenvalue weighted by Gasteiger charge is 2.15. The van der Waals surface area contributed by atoms with Crippen LogP contribution >= 0.6 is 0 Å². The fourth-order valence-electron chi connectivity index (χ4n) is 2.29. The van der Waals surface area contributed by atoms with Gasteiger partial charge in [-0.3, -0.25) is 4.79 Å². The number of para-hydroxylation sites is 1. The molecule has 0 aliphatic rings. The zero-order chi connectivity index (χ0) is 16.8. The number of nitrogens with one attached hydrogen (secondary N) is 1. The number of ether oxygens (including phenoxy) is 2. The lowest BCUT2D eigenvalue weighted by atomic mass is 10.1. The molecule has 1 amide bonds. The molecule has 0 aliphatic heterocycles. The number of benzene rings is 1. The third kappa shape index (κ3) is 4.25. The molecule has 0 aliphatic carbocycles. The van der Waals surface area contributed by atoms with Crippen LogP contribution < -0.4 is 14.8 Å². The van der Waals surface area contributed by atoms with Crippen molar-refractivity contribution in [3.8, 4) is 11.5 Å². The predicted molar refractivity (Wildman–Crippen MR) is 85.8 cm³/mol. The second kappa shape index (κ2) is 7.67. The van der Waals surface area contributed by atoms with E-state index in [9.17, 15) is 4.79 Å². The molecule has 0 bridgehead atoms.